The second-order valence-electron chi connectivity index (χ2n) is 3.16. The van der Waals surface area contributed by atoms with Crippen LogP contribution in [0.3, 0.4) is 0 Å². The third-order valence-electron chi connectivity index (χ3n) is 2.13. The van der Waals surface area contributed by atoms with Crippen molar-refractivity contribution in [2.45, 2.75) is 0 Å². The van der Waals surface area contributed by atoms with E-state index in [1.807, 2.05) is 12.1 Å². The number of halogens is 1. The van der Waals surface area contributed by atoms with Gasteiger partial charge >= 0.3 is 0 Å². The van der Waals surface area contributed by atoms with E-state index in [-0.39, 0.29) is 5.28 Å². The van der Waals surface area contributed by atoms with E-state index in [1.54, 1.807) is 29.2 Å². The molecule has 0 atom stereocenters. The summed E-state index contributed by atoms with van der Waals surface area (Å²) in [7, 11) is 0. The molecular formula is C10H6ClN5. The van der Waals surface area contributed by atoms with Gasteiger partial charge in [-0.2, -0.15) is 5.10 Å². The molecular weight excluding hydrogens is 226 g/mol. The number of hydrogen-bond acceptors (Lipinski definition) is 4. The van der Waals surface area contributed by atoms with Crippen molar-refractivity contribution in [3.63, 3.8) is 0 Å². The first-order chi connectivity index (χ1) is 7.83. The number of hydrogen-bond donors (Lipinski definition) is 0. The molecule has 0 saturated carbocycles. The first kappa shape index (κ1) is 9.23. The van der Waals surface area contributed by atoms with Gasteiger partial charge in [0, 0.05) is 12.4 Å². The van der Waals surface area contributed by atoms with E-state index < -0.39 is 0 Å². The van der Waals surface area contributed by atoms with Crippen molar-refractivity contribution in [3.05, 3.63) is 42.1 Å². The third kappa shape index (κ3) is 1.51. The van der Waals surface area contributed by atoms with E-state index in [9.17, 15) is 0 Å². The van der Waals surface area contributed by atoms with Crippen LogP contribution in [-0.4, -0.2) is 24.6 Å². The van der Waals surface area contributed by atoms with Crippen LogP contribution < -0.4 is 0 Å². The highest BCUT2D eigenvalue weighted by Gasteiger charge is 2.06. The maximum atomic E-state index is 5.72. The van der Waals surface area contributed by atoms with Crippen LogP contribution in [0.5, 0.6) is 0 Å². The summed E-state index contributed by atoms with van der Waals surface area (Å²) in [5.41, 5.74) is 2.18. The summed E-state index contributed by atoms with van der Waals surface area (Å²) >= 11 is 5.72. The smallest absolute Gasteiger partial charge is 0.222 e. The summed E-state index contributed by atoms with van der Waals surface area (Å²) in [6, 6.07) is 5.46. The first-order valence-corrected chi connectivity index (χ1v) is 5.00. The molecule has 0 saturated heterocycles. The van der Waals surface area contributed by atoms with E-state index in [0.717, 1.165) is 11.3 Å². The van der Waals surface area contributed by atoms with Gasteiger partial charge < -0.3 is 0 Å². The molecule has 0 aromatic carbocycles. The molecule has 0 fully saturated rings. The van der Waals surface area contributed by atoms with Crippen molar-refractivity contribution in [2.24, 2.45) is 0 Å². The van der Waals surface area contributed by atoms with Gasteiger partial charge in [0.05, 0.1) is 11.9 Å². The van der Waals surface area contributed by atoms with Gasteiger partial charge in [-0.05, 0) is 29.8 Å². The minimum atomic E-state index is 0.211. The lowest BCUT2D eigenvalue weighted by atomic mass is 10.3. The molecule has 0 aliphatic heterocycles. The minimum absolute atomic E-state index is 0.211. The van der Waals surface area contributed by atoms with Crippen LogP contribution in [0.2, 0.25) is 5.28 Å². The lowest BCUT2D eigenvalue weighted by molar-refractivity contribution is 0.936. The van der Waals surface area contributed by atoms with E-state index in [0.29, 0.717) is 5.69 Å². The monoisotopic (exact) mass is 231 g/mol. The molecule has 0 aliphatic carbocycles. The Bertz CT molecular complexity index is 615. The van der Waals surface area contributed by atoms with Crippen molar-refractivity contribution in [1.82, 2.24) is 24.6 Å². The van der Waals surface area contributed by atoms with Crippen molar-refractivity contribution >= 4 is 17.2 Å². The molecule has 0 radical (unpaired) electrons. The molecule has 0 unspecified atom stereocenters. The SMILES string of the molecule is Clc1nccc(-c2cn3ncccc3n2)n1. The third-order valence-corrected chi connectivity index (χ3v) is 2.31. The second-order valence-corrected chi connectivity index (χ2v) is 3.50. The number of imidazole rings is 1. The zero-order valence-corrected chi connectivity index (χ0v) is 8.83. The summed E-state index contributed by atoms with van der Waals surface area (Å²) in [6.07, 6.45) is 5.10. The van der Waals surface area contributed by atoms with Gasteiger partial charge in [-0.25, -0.2) is 19.5 Å². The van der Waals surface area contributed by atoms with Gasteiger partial charge in [-0.3, -0.25) is 0 Å². The molecule has 0 amide bonds. The summed E-state index contributed by atoms with van der Waals surface area (Å²) in [5.74, 6) is 0. The van der Waals surface area contributed by atoms with Crippen LogP contribution >= 0.6 is 11.6 Å². The van der Waals surface area contributed by atoms with Crippen molar-refractivity contribution in [2.75, 3.05) is 0 Å². The number of fused-ring (bicyclic) bond motifs is 1. The molecule has 3 heterocycles. The molecule has 3 aromatic rings. The molecule has 16 heavy (non-hydrogen) atoms. The van der Waals surface area contributed by atoms with E-state index in [1.165, 1.54) is 0 Å². The Kier molecular flexibility index (Phi) is 2.04. The Morgan fingerprint density at radius 3 is 2.81 bits per heavy atom. The predicted molar refractivity (Wildman–Crippen MR) is 59.0 cm³/mol. The zero-order valence-electron chi connectivity index (χ0n) is 8.08. The first-order valence-electron chi connectivity index (χ1n) is 4.62. The summed E-state index contributed by atoms with van der Waals surface area (Å²) in [4.78, 5) is 12.3. The zero-order chi connectivity index (χ0) is 11.0. The Morgan fingerprint density at radius 2 is 2.00 bits per heavy atom. The fourth-order valence-electron chi connectivity index (χ4n) is 1.43. The molecule has 0 bridgehead atoms. The molecule has 0 spiro atoms. The van der Waals surface area contributed by atoms with Crippen LogP contribution in [-0.2, 0) is 0 Å². The van der Waals surface area contributed by atoms with Crippen molar-refractivity contribution in [1.29, 1.82) is 0 Å². The molecule has 3 aromatic heterocycles. The van der Waals surface area contributed by atoms with Gasteiger partial charge in [0.25, 0.3) is 0 Å². The van der Waals surface area contributed by atoms with E-state index in [2.05, 4.69) is 20.1 Å². The minimum Gasteiger partial charge on any atom is -0.226 e. The highest BCUT2D eigenvalue weighted by molar-refractivity contribution is 6.28. The van der Waals surface area contributed by atoms with E-state index in [4.69, 9.17) is 11.6 Å². The second kappa shape index (κ2) is 3.53. The molecule has 6 heteroatoms. The topological polar surface area (TPSA) is 56.0 Å². The maximum Gasteiger partial charge on any atom is 0.222 e. The standard InChI is InChI=1S/C10H6ClN5/c11-10-12-5-3-7(15-10)8-6-16-9(14-8)2-1-4-13-16/h1-6H. The van der Waals surface area contributed by atoms with Crippen molar-refractivity contribution in [3.8, 4) is 11.4 Å². The average Bonchev–Trinajstić information content (AvgIpc) is 2.72. The lowest BCUT2D eigenvalue weighted by Crippen LogP contribution is -1.86. The molecule has 5 nitrogen and oxygen atoms in total. The maximum absolute atomic E-state index is 5.72. The van der Waals surface area contributed by atoms with E-state index >= 15 is 0 Å². The number of rotatable bonds is 1. The van der Waals surface area contributed by atoms with Crippen LogP contribution in [0.15, 0.2) is 36.8 Å². The predicted octanol–water partition coefficient (Wildman–Crippen LogP) is 1.84. The van der Waals surface area contributed by atoms with Gasteiger partial charge in [-0.15, -0.1) is 0 Å². The highest BCUT2D eigenvalue weighted by atomic mass is 35.5. The van der Waals surface area contributed by atoms with Crippen LogP contribution in [0, 0.1) is 0 Å². The summed E-state index contributed by atoms with van der Waals surface area (Å²) in [6.45, 7) is 0. The van der Waals surface area contributed by atoms with Crippen molar-refractivity contribution < 1.29 is 0 Å². The lowest BCUT2D eigenvalue weighted by Gasteiger charge is -1.93. The Balaban J connectivity index is 2.19. The molecule has 0 aliphatic rings. The largest absolute Gasteiger partial charge is 0.226 e. The summed E-state index contributed by atoms with van der Waals surface area (Å²) in [5, 5.41) is 4.34. The highest BCUT2D eigenvalue weighted by Crippen LogP contribution is 2.16. The Hall–Kier alpha value is -2.01. The Labute approximate surface area is 95.8 Å². The Morgan fingerprint density at radius 1 is 1.06 bits per heavy atom. The quantitative estimate of drug-likeness (QED) is 0.600. The fraction of sp³-hybridized carbons (Fsp3) is 0. The van der Waals surface area contributed by atoms with Crippen LogP contribution in [0.4, 0.5) is 0 Å². The normalized spacial score (nSPS) is 10.8. The van der Waals surface area contributed by atoms with Crippen LogP contribution in [0.25, 0.3) is 17.0 Å². The number of aromatic nitrogens is 5. The molecule has 0 N–H and O–H groups in total. The van der Waals surface area contributed by atoms with Crippen LogP contribution in [0.1, 0.15) is 0 Å². The average molecular weight is 232 g/mol. The molecule has 78 valence electrons. The van der Waals surface area contributed by atoms with Gasteiger partial charge in [0.1, 0.15) is 5.69 Å². The van der Waals surface area contributed by atoms with Gasteiger partial charge in [0.2, 0.25) is 5.28 Å². The number of nitrogens with zero attached hydrogens (tertiary/aromatic N) is 5. The van der Waals surface area contributed by atoms with Gasteiger partial charge in [-0.1, -0.05) is 0 Å². The molecule has 3 rings (SSSR count). The fourth-order valence-corrected chi connectivity index (χ4v) is 1.58. The summed E-state index contributed by atoms with van der Waals surface area (Å²) < 4.78 is 1.69. The van der Waals surface area contributed by atoms with Gasteiger partial charge in [0.15, 0.2) is 5.65 Å².